The van der Waals surface area contributed by atoms with Gasteiger partial charge in [0.25, 0.3) is 0 Å². The van der Waals surface area contributed by atoms with Crippen molar-refractivity contribution in [2.75, 3.05) is 17.7 Å². The van der Waals surface area contributed by atoms with Gasteiger partial charge in [0, 0.05) is 28.9 Å². The molecule has 1 aliphatic rings. The lowest BCUT2D eigenvalue weighted by Gasteiger charge is -2.25. The van der Waals surface area contributed by atoms with Gasteiger partial charge in [0.05, 0.1) is 5.56 Å². The van der Waals surface area contributed by atoms with E-state index in [1.165, 1.54) is 12.3 Å². The van der Waals surface area contributed by atoms with Gasteiger partial charge in [-0.3, -0.25) is 10.2 Å². The van der Waals surface area contributed by atoms with Gasteiger partial charge in [0.15, 0.2) is 11.6 Å². The standard InChI is InChI=1S/C18H16BrF3N4O2.C2H6/c19-8-5-9(18(25-7-8)26-12-3-1-2-4-28-12)15(23)17(27)13-10(20)6-11(21)16(24)14(13)22;1-2/h5-7,12,23H,1-4,24H2,(H,25,26);1-2H3. The SMILES string of the molecule is CC.N=C(C(=O)c1c(F)cc(F)c(N)c1F)c1cc(Br)cnc1NC1CCCCO1. The lowest BCUT2D eigenvalue weighted by molar-refractivity contribution is 0.0341. The van der Waals surface area contributed by atoms with E-state index in [1.54, 1.807) is 0 Å². The monoisotopic (exact) mass is 486 g/mol. The number of pyridine rings is 1. The highest BCUT2D eigenvalue weighted by atomic mass is 79.9. The maximum absolute atomic E-state index is 14.2. The summed E-state index contributed by atoms with van der Waals surface area (Å²) in [7, 11) is 0. The topological polar surface area (TPSA) is 101 Å². The fourth-order valence-electron chi connectivity index (χ4n) is 2.81. The molecule has 30 heavy (non-hydrogen) atoms. The number of carbonyl (C=O) groups excluding carboxylic acids is 1. The van der Waals surface area contributed by atoms with Crippen LogP contribution in [0.1, 0.15) is 49.0 Å². The van der Waals surface area contributed by atoms with Crippen LogP contribution in [-0.4, -0.2) is 29.3 Å². The van der Waals surface area contributed by atoms with Gasteiger partial charge in [0.1, 0.15) is 29.3 Å². The number of nitrogens with two attached hydrogens (primary N) is 1. The Balaban J connectivity index is 0.00000155. The van der Waals surface area contributed by atoms with Crippen LogP contribution in [0.25, 0.3) is 0 Å². The third-order valence-corrected chi connectivity index (χ3v) is 4.69. The maximum Gasteiger partial charge on any atom is 0.217 e. The van der Waals surface area contributed by atoms with Crippen molar-refractivity contribution >= 4 is 38.9 Å². The number of Topliss-reactive ketones (excluding diaryl/α,β-unsaturated/α-hetero) is 1. The predicted octanol–water partition coefficient (Wildman–Crippen LogP) is 5.06. The second-order valence-electron chi connectivity index (χ2n) is 6.20. The van der Waals surface area contributed by atoms with Crippen LogP contribution in [0.2, 0.25) is 0 Å². The van der Waals surface area contributed by atoms with E-state index < -0.39 is 40.2 Å². The molecule has 3 rings (SSSR count). The van der Waals surface area contributed by atoms with Crippen LogP contribution in [0.5, 0.6) is 0 Å². The molecule has 0 amide bonds. The van der Waals surface area contributed by atoms with E-state index in [9.17, 15) is 18.0 Å². The molecule has 1 unspecified atom stereocenters. The largest absolute Gasteiger partial charge is 0.394 e. The molecule has 0 saturated carbocycles. The zero-order valence-electron chi connectivity index (χ0n) is 16.5. The van der Waals surface area contributed by atoms with E-state index in [-0.39, 0.29) is 17.6 Å². The molecule has 162 valence electrons. The summed E-state index contributed by atoms with van der Waals surface area (Å²) in [6, 6.07) is 1.73. The molecule has 2 aromatic rings. The van der Waals surface area contributed by atoms with Gasteiger partial charge in [-0.2, -0.15) is 0 Å². The van der Waals surface area contributed by atoms with E-state index in [2.05, 4.69) is 26.2 Å². The fraction of sp³-hybridized carbons (Fsp3) is 0.350. The van der Waals surface area contributed by atoms with Gasteiger partial charge in [0.2, 0.25) is 5.78 Å². The molecule has 1 aromatic heterocycles. The number of hydrogen-bond acceptors (Lipinski definition) is 6. The van der Waals surface area contributed by atoms with Crippen LogP contribution >= 0.6 is 15.9 Å². The first-order chi connectivity index (χ1) is 14.3. The van der Waals surface area contributed by atoms with Crippen LogP contribution in [0, 0.1) is 22.9 Å². The third-order valence-electron chi connectivity index (χ3n) is 4.26. The summed E-state index contributed by atoms with van der Waals surface area (Å²) < 4.78 is 47.7. The summed E-state index contributed by atoms with van der Waals surface area (Å²) in [4.78, 5) is 16.8. The molecule has 0 aliphatic carbocycles. The van der Waals surface area contributed by atoms with Gasteiger partial charge in [-0.05, 0) is 41.3 Å². The zero-order valence-corrected chi connectivity index (χ0v) is 18.1. The van der Waals surface area contributed by atoms with Crippen LogP contribution in [-0.2, 0) is 4.74 Å². The Morgan fingerprint density at radius 1 is 1.27 bits per heavy atom. The molecule has 10 heteroatoms. The quantitative estimate of drug-likeness (QED) is 0.311. The Kier molecular flexibility index (Phi) is 8.36. The van der Waals surface area contributed by atoms with Crippen molar-refractivity contribution in [3.63, 3.8) is 0 Å². The summed E-state index contributed by atoms with van der Waals surface area (Å²) >= 11 is 3.20. The van der Waals surface area contributed by atoms with Crippen molar-refractivity contribution in [2.24, 2.45) is 0 Å². The van der Waals surface area contributed by atoms with Crippen LogP contribution < -0.4 is 11.1 Å². The van der Waals surface area contributed by atoms with Crippen molar-refractivity contribution in [1.82, 2.24) is 4.98 Å². The number of aromatic nitrogens is 1. The minimum atomic E-state index is -1.54. The number of ketones is 1. The van der Waals surface area contributed by atoms with E-state index in [0.29, 0.717) is 23.6 Å². The number of hydrogen-bond donors (Lipinski definition) is 3. The minimum Gasteiger partial charge on any atom is -0.394 e. The van der Waals surface area contributed by atoms with Crippen molar-refractivity contribution in [1.29, 1.82) is 5.41 Å². The van der Waals surface area contributed by atoms with Crippen molar-refractivity contribution in [3.8, 4) is 0 Å². The van der Waals surface area contributed by atoms with Crippen LogP contribution in [0.15, 0.2) is 22.8 Å². The smallest absolute Gasteiger partial charge is 0.217 e. The maximum atomic E-state index is 14.2. The second-order valence-corrected chi connectivity index (χ2v) is 7.11. The molecule has 0 spiro atoms. The highest BCUT2D eigenvalue weighted by molar-refractivity contribution is 9.10. The van der Waals surface area contributed by atoms with Gasteiger partial charge in [-0.15, -0.1) is 0 Å². The van der Waals surface area contributed by atoms with Gasteiger partial charge in [-0.1, -0.05) is 13.8 Å². The third kappa shape index (κ3) is 5.17. The van der Waals surface area contributed by atoms with E-state index in [4.69, 9.17) is 15.9 Å². The molecule has 6 nitrogen and oxygen atoms in total. The first kappa shape index (κ1) is 23.8. The Morgan fingerprint density at radius 2 is 1.97 bits per heavy atom. The summed E-state index contributed by atoms with van der Waals surface area (Å²) in [5.41, 5.74) is 2.42. The van der Waals surface area contributed by atoms with Gasteiger partial charge >= 0.3 is 0 Å². The Bertz CT molecular complexity index is 950. The number of benzene rings is 1. The molecule has 1 aromatic carbocycles. The molecule has 0 radical (unpaired) electrons. The van der Waals surface area contributed by atoms with E-state index in [0.717, 1.165) is 12.8 Å². The number of ether oxygens (including phenoxy) is 1. The molecule has 1 fully saturated rings. The van der Waals surface area contributed by atoms with Crippen LogP contribution in [0.4, 0.5) is 24.7 Å². The summed E-state index contributed by atoms with van der Waals surface area (Å²) in [5, 5.41) is 11.2. The van der Waals surface area contributed by atoms with Crippen molar-refractivity contribution in [2.45, 2.75) is 39.3 Å². The summed E-state index contributed by atoms with van der Waals surface area (Å²) in [6.45, 7) is 4.56. The van der Waals surface area contributed by atoms with E-state index in [1.807, 2.05) is 13.8 Å². The normalized spacial score (nSPS) is 15.7. The Morgan fingerprint density at radius 3 is 2.60 bits per heavy atom. The zero-order chi connectivity index (χ0) is 22.4. The Hall–Kier alpha value is -2.46. The predicted molar refractivity (Wildman–Crippen MR) is 112 cm³/mol. The molecule has 4 N–H and O–H groups in total. The van der Waals surface area contributed by atoms with Crippen molar-refractivity contribution in [3.05, 3.63) is 51.4 Å². The minimum absolute atomic E-state index is 0.00949. The number of rotatable bonds is 5. The van der Waals surface area contributed by atoms with Gasteiger partial charge in [-0.25, -0.2) is 18.2 Å². The molecule has 1 atom stereocenters. The van der Waals surface area contributed by atoms with Crippen LogP contribution in [0.3, 0.4) is 0 Å². The first-order valence-electron chi connectivity index (χ1n) is 9.40. The fourth-order valence-corrected chi connectivity index (χ4v) is 3.14. The molecular formula is C20H22BrF3N4O2. The molecular weight excluding hydrogens is 465 g/mol. The van der Waals surface area contributed by atoms with Gasteiger partial charge < -0.3 is 15.8 Å². The lowest BCUT2D eigenvalue weighted by Crippen LogP contribution is -2.29. The highest BCUT2D eigenvalue weighted by Crippen LogP contribution is 2.27. The lowest BCUT2D eigenvalue weighted by atomic mass is 9.99. The number of halogens is 4. The molecule has 2 heterocycles. The number of nitrogen functional groups attached to an aromatic ring is 1. The molecule has 1 aliphatic heterocycles. The summed E-state index contributed by atoms with van der Waals surface area (Å²) in [5.74, 6) is -5.43. The highest BCUT2D eigenvalue weighted by Gasteiger charge is 2.28. The second kappa shape index (κ2) is 10.5. The first-order valence-corrected chi connectivity index (χ1v) is 10.2. The number of carbonyl (C=O) groups is 1. The van der Waals surface area contributed by atoms with Crippen molar-refractivity contribution < 1.29 is 22.7 Å². The molecule has 0 bridgehead atoms. The number of anilines is 2. The average Bonchev–Trinajstić information content (AvgIpc) is 2.75. The summed E-state index contributed by atoms with van der Waals surface area (Å²) in [6.07, 6.45) is 3.65. The molecule has 1 saturated heterocycles. The average molecular weight is 487 g/mol. The number of nitrogens with one attached hydrogen (secondary N) is 2. The Labute approximate surface area is 180 Å². The number of nitrogens with zero attached hydrogens (tertiary/aromatic N) is 1. The van der Waals surface area contributed by atoms with E-state index >= 15 is 0 Å².